The van der Waals surface area contributed by atoms with E-state index in [4.69, 9.17) is 0 Å². The van der Waals surface area contributed by atoms with Crippen LogP contribution in [0.15, 0.2) is 54.9 Å². The molecule has 3 aromatic rings. The number of hydrogen-bond acceptors (Lipinski definition) is 2. The number of aryl methyl sites for hydroxylation is 2. The van der Waals surface area contributed by atoms with Gasteiger partial charge in [0, 0.05) is 24.5 Å². The van der Waals surface area contributed by atoms with E-state index in [9.17, 15) is 4.79 Å². The molecule has 4 nitrogen and oxygen atoms in total. The van der Waals surface area contributed by atoms with Gasteiger partial charge in [0.05, 0.1) is 5.52 Å². The number of fused-ring (bicyclic) bond motifs is 1. The maximum Gasteiger partial charge on any atom is 0.224 e. The maximum atomic E-state index is 12.0. The van der Waals surface area contributed by atoms with Crippen molar-refractivity contribution >= 4 is 17.1 Å². The molecule has 0 saturated heterocycles. The van der Waals surface area contributed by atoms with Crippen LogP contribution < -0.4 is 5.32 Å². The minimum absolute atomic E-state index is 0.0281. The third kappa shape index (κ3) is 3.28. The molecule has 1 amide bonds. The predicted molar refractivity (Wildman–Crippen MR) is 83.3 cm³/mol. The van der Waals surface area contributed by atoms with Gasteiger partial charge in [0.15, 0.2) is 0 Å². The molecule has 0 fully saturated rings. The number of hydrogen-bond donors (Lipinski definition) is 1. The summed E-state index contributed by atoms with van der Waals surface area (Å²) in [6.45, 7) is 2.06. The Bertz CT molecular complexity index is 776. The van der Waals surface area contributed by atoms with Gasteiger partial charge >= 0.3 is 0 Å². The van der Waals surface area contributed by atoms with E-state index in [1.807, 2.05) is 30.5 Å². The Morgan fingerprint density at radius 2 is 2.14 bits per heavy atom. The highest BCUT2D eigenvalue weighted by molar-refractivity contribution is 5.91. The Balaban J connectivity index is 1.60. The second-order valence-electron chi connectivity index (χ2n) is 5.15. The summed E-state index contributed by atoms with van der Waals surface area (Å²) in [5, 5.41) is 7.06. The first kappa shape index (κ1) is 13.4. The van der Waals surface area contributed by atoms with Crippen LogP contribution in [0, 0.1) is 6.92 Å². The molecular weight excluding hydrogens is 262 g/mol. The van der Waals surface area contributed by atoms with Gasteiger partial charge in [-0.05, 0) is 37.1 Å². The van der Waals surface area contributed by atoms with Crippen LogP contribution in [0.25, 0.3) is 5.52 Å². The molecule has 0 spiro atoms. The lowest BCUT2D eigenvalue weighted by molar-refractivity contribution is -0.116. The van der Waals surface area contributed by atoms with E-state index in [0.717, 1.165) is 17.6 Å². The first-order valence-corrected chi connectivity index (χ1v) is 6.99. The molecule has 0 aliphatic carbocycles. The molecule has 0 saturated carbocycles. The Morgan fingerprint density at radius 1 is 1.24 bits per heavy atom. The summed E-state index contributed by atoms with van der Waals surface area (Å²) < 4.78 is 1.77. The van der Waals surface area contributed by atoms with Crippen molar-refractivity contribution in [3.8, 4) is 0 Å². The highest BCUT2D eigenvalue weighted by Crippen LogP contribution is 2.12. The van der Waals surface area contributed by atoms with Crippen molar-refractivity contribution in [3.05, 3.63) is 66.0 Å². The quantitative estimate of drug-likeness (QED) is 0.797. The number of amides is 1. The number of nitrogens with zero attached hydrogens (tertiary/aromatic N) is 2. The van der Waals surface area contributed by atoms with Gasteiger partial charge in [-0.2, -0.15) is 5.10 Å². The van der Waals surface area contributed by atoms with E-state index >= 15 is 0 Å². The van der Waals surface area contributed by atoms with Crippen LogP contribution in [0.3, 0.4) is 0 Å². The van der Waals surface area contributed by atoms with Gasteiger partial charge in [-0.3, -0.25) is 4.79 Å². The lowest BCUT2D eigenvalue weighted by atomic mass is 10.1. The van der Waals surface area contributed by atoms with Gasteiger partial charge < -0.3 is 5.32 Å². The van der Waals surface area contributed by atoms with Crippen molar-refractivity contribution in [2.75, 3.05) is 5.32 Å². The van der Waals surface area contributed by atoms with Gasteiger partial charge in [-0.15, -0.1) is 0 Å². The van der Waals surface area contributed by atoms with Crippen LogP contribution in [-0.2, 0) is 11.2 Å². The standard InChI is InChI=1S/C17H17N3O/c1-13-3-2-4-14(11-13)5-6-17(21)19-15-8-10-20-16(12-15)7-9-18-20/h2-4,7-12H,5-6H2,1H3,(H,19,21). The SMILES string of the molecule is Cc1cccc(CCC(=O)Nc2ccn3nccc3c2)c1. The monoisotopic (exact) mass is 279 g/mol. The summed E-state index contributed by atoms with van der Waals surface area (Å²) in [5.74, 6) is 0.0281. The molecular formula is C17H17N3O. The van der Waals surface area contributed by atoms with Gasteiger partial charge in [0.25, 0.3) is 0 Å². The molecule has 3 rings (SSSR count). The number of anilines is 1. The molecule has 2 aromatic heterocycles. The summed E-state index contributed by atoms with van der Waals surface area (Å²) in [4.78, 5) is 12.0. The van der Waals surface area contributed by atoms with Crippen LogP contribution in [0.2, 0.25) is 0 Å². The fraction of sp³-hybridized carbons (Fsp3) is 0.176. The second-order valence-corrected chi connectivity index (χ2v) is 5.15. The lowest BCUT2D eigenvalue weighted by Gasteiger charge is -2.06. The number of carbonyl (C=O) groups excluding carboxylic acids is 1. The number of rotatable bonds is 4. The summed E-state index contributed by atoms with van der Waals surface area (Å²) >= 11 is 0. The van der Waals surface area contributed by atoms with Crippen LogP contribution in [-0.4, -0.2) is 15.5 Å². The molecule has 21 heavy (non-hydrogen) atoms. The summed E-state index contributed by atoms with van der Waals surface area (Å²) in [6.07, 6.45) is 4.81. The predicted octanol–water partition coefficient (Wildman–Crippen LogP) is 3.21. The number of nitrogens with one attached hydrogen (secondary N) is 1. The largest absolute Gasteiger partial charge is 0.326 e. The van der Waals surface area contributed by atoms with Crippen LogP contribution in [0.1, 0.15) is 17.5 Å². The number of benzene rings is 1. The molecule has 106 valence electrons. The van der Waals surface area contributed by atoms with E-state index in [2.05, 4.69) is 35.5 Å². The van der Waals surface area contributed by atoms with E-state index < -0.39 is 0 Å². The Hall–Kier alpha value is -2.62. The first-order valence-electron chi connectivity index (χ1n) is 6.99. The highest BCUT2D eigenvalue weighted by Gasteiger charge is 2.04. The fourth-order valence-electron chi connectivity index (χ4n) is 2.35. The van der Waals surface area contributed by atoms with Crippen LogP contribution >= 0.6 is 0 Å². The van der Waals surface area contributed by atoms with Crippen molar-refractivity contribution in [3.63, 3.8) is 0 Å². The van der Waals surface area contributed by atoms with Gasteiger partial charge in [0.2, 0.25) is 5.91 Å². The fourth-order valence-corrected chi connectivity index (χ4v) is 2.35. The molecule has 0 radical (unpaired) electrons. The number of pyridine rings is 1. The van der Waals surface area contributed by atoms with Crippen molar-refractivity contribution in [2.24, 2.45) is 0 Å². The van der Waals surface area contributed by atoms with Crippen molar-refractivity contribution < 1.29 is 4.79 Å². The van der Waals surface area contributed by atoms with Gasteiger partial charge in [0.1, 0.15) is 0 Å². The molecule has 1 aromatic carbocycles. The lowest BCUT2D eigenvalue weighted by Crippen LogP contribution is -2.12. The van der Waals surface area contributed by atoms with Crippen molar-refractivity contribution in [1.82, 2.24) is 9.61 Å². The normalized spacial score (nSPS) is 10.7. The van der Waals surface area contributed by atoms with Crippen molar-refractivity contribution in [2.45, 2.75) is 19.8 Å². The molecule has 4 heteroatoms. The van der Waals surface area contributed by atoms with Gasteiger partial charge in [-0.1, -0.05) is 29.8 Å². The zero-order valence-corrected chi connectivity index (χ0v) is 11.9. The summed E-state index contributed by atoms with van der Waals surface area (Å²) in [5.41, 5.74) is 4.18. The Labute approximate surface area is 123 Å². The second kappa shape index (κ2) is 5.79. The van der Waals surface area contributed by atoms with E-state index in [1.54, 1.807) is 10.7 Å². The molecule has 0 aliphatic heterocycles. The highest BCUT2D eigenvalue weighted by atomic mass is 16.1. The smallest absolute Gasteiger partial charge is 0.224 e. The van der Waals surface area contributed by atoms with Crippen LogP contribution in [0.4, 0.5) is 5.69 Å². The third-order valence-corrected chi connectivity index (χ3v) is 3.41. The Morgan fingerprint density at radius 3 is 3.00 bits per heavy atom. The minimum Gasteiger partial charge on any atom is -0.326 e. The molecule has 1 N–H and O–H groups in total. The van der Waals surface area contributed by atoms with E-state index in [0.29, 0.717) is 6.42 Å². The third-order valence-electron chi connectivity index (χ3n) is 3.41. The number of carbonyl (C=O) groups is 1. The topological polar surface area (TPSA) is 46.4 Å². The van der Waals surface area contributed by atoms with E-state index in [-0.39, 0.29) is 5.91 Å². The molecule has 0 unspecified atom stereocenters. The minimum atomic E-state index is 0.0281. The van der Waals surface area contributed by atoms with Crippen LogP contribution in [0.5, 0.6) is 0 Å². The molecule has 0 atom stereocenters. The summed E-state index contributed by atoms with van der Waals surface area (Å²) in [7, 11) is 0. The average molecular weight is 279 g/mol. The number of aromatic nitrogens is 2. The Kier molecular flexibility index (Phi) is 3.69. The zero-order chi connectivity index (χ0) is 14.7. The van der Waals surface area contributed by atoms with Crippen molar-refractivity contribution in [1.29, 1.82) is 0 Å². The molecule has 0 aliphatic rings. The van der Waals surface area contributed by atoms with E-state index in [1.165, 1.54) is 11.1 Å². The first-order chi connectivity index (χ1) is 10.2. The average Bonchev–Trinajstić information content (AvgIpc) is 2.93. The van der Waals surface area contributed by atoms with Gasteiger partial charge in [-0.25, -0.2) is 4.52 Å². The summed E-state index contributed by atoms with van der Waals surface area (Å²) in [6, 6.07) is 13.9. The zero-order valence-electron chi connectivity index (χ0n) is 11.9. The molecule has 0 bridgehead atoms. The molecule has 2 heterocycles. The maximum absolute atomic E-state index is 12.0.